The first-order valence-corrected chi connectivity index (χ1v) is 9.42. The summed E-state index contributed by atoms with van der Waals surface area (Å²) in [6, 6.07) is 9.30. The predicted molar refractivity (Wildman–Crippen MR) is 96.6 cm³/mol. The Balaban J connectivity index is 1.47. The lowest BCUT2D eigenvalue weighted by Gasteiger charge is -2.34. The standard InChI is InChI=1S/C20H26N2O4/c23-18(15-7-4-8-16(13-15)20(25)26)21-17-9-11-22(12-10-17)19(24)14-5-2-1-3-6-14/h1-3,5-6,15-17H,4,7-13H2,(H,21,23)(H,25,26). The van der Waals surface area contributed by atoms with Crippen LogP contribution >= 0.6 is 0 Å². The number of benzene rings is 1. The SMILES string of the molecule is O=C(O)C1CCCC(C(=O)NC2CCN(C(=O)c3ccccc3)CC2)C1. The summed E-state index contributed by atoms with van der Waals surface area (Å²) in [7, 11) is 0. The van der Waals surface area contributed by atoms with Gasteiger partial charge in [0.1, 0.15) is 0 Å². The van der Waals surface area contributed by atoms with Crippen LogP contribution in [0.5, 0.6) is 0 Å². The number of likely N-dealkylation sites (tertiary alicyclic amines) is 1. The van der Waals surface area contributed by atoms with E-state index in [0.717, 1.165) is 25.7 Å². The minimum Gasteiger partial charge on any atom is -0.481 e. The fraction of sp³-hybridized carbons (Fsp3) is 0.550. The van der Waals surface area contributed by atoms with E-state index in [-0.39, 0.29) is 23.8 Å². The Morgan fingerprint density at radius 1 is 0.962 bits per heavy atom. The molecule has 0 spiro atoms. The summed E-state index contributed by atoms with van der Waals surface area (Å²) >= 11 is 0. The van der Waals surface area contributed by atoms with Crippen molar-refractivity contribution in [3.8, 4) is 0 Å². The fourth-order valence-electron chi connectivity index (χ4n) is 3.96. The second-order valence-corrected chi connectivity index (χ2v) is 7.34. The molecule has 1 heterocycles. The topological polar surface area (TPSA) is 86.7 Å². The number of carboxylic acid groups (broad SMARTS) is 1. The Hall–Kier alpha value is -2.37. The van der Waals surface area contributed by atoms with Gasteiger partial charge in [-0.25, -0.2) is 0 Å². The molecule has 2 fully saturated rings. The van der Waals surface area contributed by atoms with Crippen molar-refractivity contribution in [2.45, 2.75) is 44.6 Å². The van der Waals surface area contributed by atoms with Crippen molar-refractivity contribution in [1.29, 1.82) is 0 Å². The molecule has 2 aliphatic rings. The van der Waals surface area contributed by atoms with Gasteiger partial charge in [0.2, 0.25) is 5.91 Å². The number of carbonyl (C=O) groups is 3. The molecule has 0 aromatic heterocycles. The van der Waals surface area contributed by atoms with Crippen LogP contribution in [0.3, 0.4) is 0 Å². The number of nitrogens with one attached hydrogen (secondary N) is 1. The first-order chi connectivity index (χ1) is 12.5. The highest BCUT2D eigenvalue weighted by molar-refractivity contribution is 5.94. The summed E-state index contributed by atoms with van der Waals surface area (Å²) in [6.45, 7) is 1.25. The fourth-order valence-corrected chi connectivity index (χ4v) is 3.96. The molecule has 1 aromatic rings. The van der Waals surface area contributed by atoms with Crippen LogP contribution in [0.1, 0.15) is 48.9 Å². The van der Waals surface area contributed by atoms with Gasteiger partial charge < -0.3 is 15.3 Å². The molecule has 1 aromatic carbocycles. The Bertz CT molecular complexity index is 653. The third kappa shape index (κ3) is 4.42. The zero-order valence-electron chi connectivity index (χ0n) is 14.9. The summed E-state index contributed by atoms with van der Waals surface area (Å²) in [5.74, 6) is -1.38. The molecule has 2 atom stereocenters. The second kappa shape index (κ2) is 8.34. The van der Waals surface area contributed by atoms with E-state index in [1.54, 1.807) is 0 Å². The zero-order chi connectivity index (χ0) is 18.5. The molecule has 26 heavy (non-hydrogen) atoms. The van der Waals surface area contributed by atoms with Crippen LogP contribution in [0.4, 0.5) is 0 Å². The zero-order valence-corrected chi connectivity index (χ0v) is 14.9. The number of rotatable bonds is 4. The van der Waals surface area contributed by atoms with Gasteiger partial charge in [-0.3, -0.25) is 14.4 Å². The van der Waals surface area contributed by atoms with E-state index < -0.39 is 11.9 Å². The molecule has 0 bridgehead atoms. The Kier molecular flexibility index (Phi) is 5.91. The van der Waals surface area contributed by atoms with Crippen LogP contribution in [-0.4, -0.2) is 46.9 Å². The molecule has 2 N–H and O–H groups in total. The Morgan fingerprint density at radius 2 is 1.62 bits per heavy atom. The van der Waals surface area contributed by atoms with E-state index in [0.29, 0.717) is 31.5 Å². The highest BCUT2D eigenvalue weighted by Gasteiger charge is 2.32. The molecular weight excluding hydrogens is 332 g/mol. The first kappa shape index (κ1) is 18.4. The minimum absolute atomic E-state index is 0.0243. The molecule has 3 rings (SSSR count). The van der Waals surface area contributed by atoms with Crippen molar-refractivity contribution >= 4 is 17.8 Å². The Morgan fingerprint density at radius 3 is 2.27 bits per heavy atom. The molecule has 6 heteroatoms. The maximum Gasteiger partial charge on any atom is 0.306 e. The van der Waals surface area contributed by atoms with E-state index in [1.807, 2.05) is 35.2 Å². The van der Waals surface area contributed by atoms with Crippen molar-refractivity contribution in [1.82, 2.24) is 10.2 Å². The lowest BCUT2D eigenvalue weighted by molar-refractivity contribution is -0.144. The van der Waals surface area contributed by atoms with Gasteiger partial charge in [-0.2, -0.15) is 0 Å². The van der Waals surface area contributed by atoms with Gasteiger partial charge in [0, 0.05) is 30.6 Å². The highest BCUT2D eigenvalue weighted by Crippen LogP contribution is 2.29. The van der Waals surface area contributed by atoms with Crippen LogP contribution in [-0.2, 0) is 9.59 Å². The number of hydrogen-bond donors (Lipinski definition) is 2. The molecule has 1 aliphatic heterocycles. The van der Waals surface area contributed by atoms with E-state index in [1.165, 1.54) is 0 Å². The van der Waals surface area contributed by atoms with Gasteiger partial charge in [0.15, 0.2) is 0 Å². The molecule has 1 saturated carbocycles. The molecule has 1 aliphatic carbocycles. The van der Waals surface area contributed by atoms with Crippen molar-refractivity contribution in [2.75, 3.05) is 13.1 Å². The number of piperidine rings is 1. The molecular formula is C20H26N2O4. The van der Waals surface area contributed by atoms with Crippen LogP contribution < -0.4 is 5.32 Å². The first-order valence-electron chi connectivity index (χ1n) is 9.42. The number of amides is 2. The average molecular weight is 358 g/mol. The van der Waals surface area contributed by atoms with E-state index in [2.05, 4.69) is 5.32 Å². The van der Waals surface area contributed by atoms with Crippen molar-refractivity contribution in [3.05, 3.63) is 35.9 Å². The van der Waals surface area contributed by atoms with Crippen LogP contribution in [0, 0.1) is 11.8 Å². The van der Waals surface area contributed by atoms with Gasteiger partial charge in [-0.05, 0) is 44.2 Å². The number of aliphatic carboxylic acids is 1. The van der Waals surface area contributed by atoms with Crippen molar-refractivity contribution < 1.29 is 19.5 Å². The Labute approximate surface area is 153 Å². The highest BCUT2D eigenvalue weighted by atomic mass is 16.4. The van der Waals surface area contributed by atoms with Crippen LogP contribution in [0.25, 0.3) is 0 Å². The molecule has 140 valence electrons. The average Bonchev–Trinajstić information content (AvgIpc) is 2.68. The van der Waals surface area contributed by atoms with Gasteiger partial charge in [0.05, 0.1) is 5.92 Å². The smallest absolute Gasteiger partial charge is 0.306 e. The molecule has 1 saturated heterocycles. The maximum absolute atomic E-state index is 12.5. The third-order valence-electron chi connectivity index (χ3n) is 5.54. The molecule has 2 amide bonds. The summed E-state index contributed by atoms with van der Waals surface area (Å²) in [4.78, 5) is 37.9. The molecule has 2 unspecified atom stereocenters. The number of carbonyl (C=O) groups excluding carboxylic acids is 2. The predicted octanol–water partition coefficient (Wildman–Crippen LogP) is 2.30. The lowest BCUT2D eigenvalue weighted by atomic mass is 9.81. The molecule has 6 nitrogen and oxygen atoms in total. The summed E-state index contributed by atoms with van der Waals surface area (Å²) < 4.78 is 0. The van der Waals surface area contributed by atoms with E-state index >= 15 is 0 Å². The van der Waals surface area contributed by atoms with Crippen LogP contribution in [0.2, 0.25) is 0 Å². The quantitative estimate of drug-likeness (QED) is 0.865. The number of carboxylic acids is 1. The van der Waals surface area contributed by atoms with Gasteiger partial charge in [-0.15, -0.1) is 0 Å². The van der Waals surface area contributed by atoms with Crippen molar-refractivity contribution in [2.24, 2.45) is 11.8 Å². The van der Waals surface area contributed by atoms with Crippen LogP contribution in [0.15, 0.2) is 30.3 Å². The molecule has 0 radical (unpaired) electrons. The third-order valence-corrected chi connectivity index (χ3v) is 5.54. The maximum atomic E-state index is 12.5. The normalized spacial score (nSPS) is 24.1. The summed E-state index contributed by atoms with van der Waals surface area (Å²) in [6.07, 6.45) is 4.13. The number of hydrogen-bond acceptors (Lipinski definition) is 3. The monoisotopic (exact) mass is 358 g/mol. The lowest BCUT2D eigenvalue weighted by Crippen LogP contribution is -2.48. The largest absolute Gasteiger partial charge is 0.481 e. The van der Waals surface area contributed by atoms with E-state index in [4.69, 9.17) is 5.11 Å². The summed E-state index contributed by atoms with van der Waals surface area (Å²) in [5, 5.41) is 12.2. The minimum atomic E-state index is -0.796. The summed E-state index contributed by atoms with van der Waals surface area (Å²) in [5.41, 5.74) is 0.692. The van der Waals surface area contributed by atoms with Gasteiger partial charge in [-0.1, -0.05) is 24.6 Å². The van der Waals surface area contributed by atoms with Gasteiger partial charge in [0.25, 0.3) is 5.91 Å². The second-order valence-electron chi connectivity index (χ2n) is 7.34. The van der Waals surface area contributed by atoms with E-state index in [9.17, 15) is 14.4 Å². The van der Waals surface area contributed by atoms with Gasteiger partial charge >= 0.3 is 5.97 Å². The van der Waals surface area contributed by atoms with Crippen molar-refractivity contribution in [3.63, 3.8) is 0 Å². The number of nitrogens with zero attached hydrogens (tertiary/aromatic N) is 1.